The van der Waals surface area contributed by atoms with Gasteiger partial charge in [-0.2, -0.15) is 0 Å². The Morgan fingerprint density at radius 3 is 2.56 bits per heavy atom. The SMILES string of the molecule is Cc1cc2nc(-c3ccc(OC(N)=O)cc3)sc2cc1OC(C)c1c(Cl)ccc(F)c1Cl. The highest BCUT2D eigenvalue weighted by atomic mass is 35.5. The van der Waals surface area contributed by atoms with Crippen LogP contribution in [0.1, 0.15) is 24.2 Å². The number of aryl methyl sites for hydroxylation is 1. The molecule has 2 N–H and O–H groups in total. The Morgan fingerprint density at radius 1 is 1.16 bits per heavy atom. The molecule has 0 saturated heterocycles. The van der Waals surface area contributed by atoms with Crippen molar-refractivity contribution >= 4 is 50.8 Å². The number of carbonyl (C=O) groups is 1. The number of benzene rings is 3. The van der Waals surface area contributed by atoms with Crippen LogP contribution in [0.2, 0.25) is 10.0 Å². The molecule has 3 aromatic carbocycles. The molecule has 0 aliphatic heterocycles. The number of carbonyl (C=O) groups excluding carboxylic acids is 1. The Bertz CT molecular complexity index is 1330. The summed E-state index contributed by atoms with van der Waals surface area (Å²) in [6.45, 7) is 3.68. The van der Waals surface area contributed by atoms with Gasteiger partial charge >= 0.3 is 6.09 Å². The first kappa shape index (κ1) is 22.3. The average Bonchev–Trinajstić information content (AvgIpc) is 3.14. The van der Waals surface area contributed by atoms with Crippen LogP contribution < -0.4 is 15.2 Å². The molecule has 1 heterocycles. The van der Waals surface area contributed by atoms with Crippen molar-refractivity contribution < 1.29 is 18.7 Å². The summed E-state index contributed by atoms with van der Waals surface area (Å²) in [5, 5.41) is 1.09. The topological polar surface area (TPSA) is 74.4 Å². The lowest BCUT2D eigenvalue weighted by molar-refractivity contribution is 0.211. The van der Waals surface area contributed by atoms with Crippen LogP contribution in [0.15, 0.2) is 48.5 Å². The van der Waals surface area contributed by atoms with Crippen molar-refractivity contribution in [3.8, 4) is 22.1 Å². The molecule has 4 aromatic rings. The standard InChI is InChI=1S/C23H17Cl2FN2O3S/c1-11-9-17-19(32-22(28-17)13-3-5-14(6-4-13)31-23(27)29)10-18(11)30-12(2)20-15(24)7-8-16(26)21(20)25/h3-10,12H,1-2H3,(H2,27,29). The summed E-state index contributed by atoms with van der Waals surface area (Å²) in [4.78, 5) is 15.6. The molecule has 0 spiro atoms. The van der Waals surface area contributed by atoms with Crippen molar-refractivity contribution in [3.63, 3.8) is 0 Å². The minimum atomic E-state index is -0.865. The zero-order chi connectivity index (χ0) is 23.0. The van der Waals surface area contributed by atoms with E-state index in [-0.39, 0.29) is 5.02 Å². The van der Waals surface area contributed by atoms with Gasteiger partial charge in [-0.25, -0.2) is 14.2 Å². The largest absolute Gasteiger partial charge is 0.486 e. The third kappa shape index (κ3) is 4.50. The average molecular weight is 491 g/mol. The highest BCUT2D eigenvalue weighted by Gasteiger charge is 2.20. The van der Waals surface area contributed by atoms with E-state index in [1.807, 2.05) is 19.1 Å². The van der Waals surface area contributed by atoms with Crippen molar-refractivity contribution in [2.45, 2.75) is 20.0 Å². The third-order valence-corrected chi connectivity index (χ3v) is 6.58. The summed E-state index contributed by atoms with van der Waals surface area (Å²) in [7, 11) is 0. The second-order valence-electron chi connectivity index (χ2n) is 7.07. The molecule has 0 aliphatic carbocycles. The predicted molar refractivity (Wildman–Crippen MR) is 125 cm³/mol. The van der Waals surface area contributed by atoms with Crippen molar-refractivity contribution in [2.75, 3.05) is 0 Å². The summed E-state index contributed by atoms with van der Waals surface area (Å²) in [5.41, 5.74) is 7.99. The van der Waals surface area contributed by atoms with Gasteiger partial charge in [0.15, 0.2) is 0 Å². The smallest absolute Gasteiger partial charge is 0.409 e. The van der Waals surface area contributed by atoms with E-state index in [4.69, 9.17) is 43.4 Å². The van der Waals surface area contributed by atoms with Crippen molar-refractivity contribution in [3.05, 3.63) is 75.5 Å². The molecule has 1 atom stereocenters. The van der Waals surface area contributed by atoms with E-state index in [1.165, 1.54) is 23.5 Å². The molecular weight excluding hydrogens is 474 g/mol. The zero-order valence-corrected chi connectivity index (χ0v) is 19.3. The second-order valence-corrected chi connectivity index (χ2v) is 8.88. The second kappa shape index (κ2) is 8.94. The van der Waals surface area contributed by atoms with Gasteiger partial charge in [-0.1, -0.05) is 23.2 Å². The van der Waals surface area contributed by atoms with E-state index in [2.05, 4.69) is 0 Å². The minimum absolute atomic E-state index is 0.0485. The molecule has 4 rings (SSSR count). The molecule has 1 amide bonds. The van der Waals surface area contributed by atoms with Gasteiger partial charge in [0.2, 0.25) is 0 Å². The summed E-state index contributed by atoms with van der Waals surface area (Å²) in [5.74, 6) is 0.437. The van der Waals surface area contributed by atoms with Crippen LogP contribution in [0.3, 0.4) is 0 Å². The van der Waals surface area contributed by atoms with Gasteiger partial charge in [-0.3, -0.25) is 0 Å². The van der Waals surface area contributed by atoms with E-state index in [9.17, 15) is 9.18 Å². The number of primary amides is 1. The Labute approximate surface area is 197 Å². The Hall–Kier alpha value is -2.87. The summed E-state index contributed by atoms with van der Waals surface area (Å²) >= 11 is 13.8. The molecular formula is C23H17Cl2FN2O3S. The van der Waals surface area contributed by atoms with E-state index >= 15 is 0 Å². The Morgan fingerprint density at radius 2 is 1.88 bits per heavy atom. The maximum atomic E-state index is 13.9. The van der Waals surface area contributed by atoms with Crippen molar-refractivity contribution in [1.82, 2.24) is 4.98 Å². The number of thiazole rings is 1. The number of hydrogen-bond acceptors (Lipinski definition) is 5. The summed E-state index contributed by atoms with van der Waals surface area (Å²) in [6, 6.07) is 13.4. The van der Waals surface area contributed by atoms with Gasteiger partial charge in [-0.05, 0) is 67.9 Å². The Kier molecular flexibility index (Phi) is 6.24. The molecule has 164 valence electrons. The molecule has 0 fully saturated rings. The van der Waals surface area contributed by atoms with E-state index in [0.29, 0.717) is 22.1 Å². The number of nitrogens with zero attached hydrogens (tertiary/aromatic N) is 1. The molecule has 9 heteroatoms. The first-order chi connectivity index (χ1) is 15.2. The quantitative estimate of drug-likeness (QED) is 0.297. The minimum Gasteiger partial charge on any atom is -0.486 e. The molecule has 0 bridgehead atoms. The van der Waals surface area contributed by atoms with Gasteiger partial charge in [0.25, 0.3) is 0 Å². The van der Waals surface area contributed by atoms with Crippen LogP contribution in [0, 0.1) is 12.7 Å². The molecule has 0 radical (unpaired) electrons. The number of aromatic nitrogens is 1. The molecule has 1 aromatic heterocycles. The van der Waals surface area contributed by atoms with Crippen LogP contribution >= 0.6 is 34.5 Å². The van der Waals surface area contributed by atoms with Crippen LogP contribution in [0.5, 0.6) is 11.5 Å². The third-order valence-electron chi connectivity index (χ3n) is 4.79. The van der Waals surface area contributed by atoms with E-state index in [0.717, 1.165) is 26.4 Å². The number of nitrogens with two attached hydrogens (primary N) is 1. The molecule has 1 unspecified atom stereocenters. The number of fused-ring (bicyclic) bond motifs is 1. The van der Waals surface area contributed by atoms with Crippen LogP contribution in [0.4, 0.5) is 9.18 Å². The maximum Gasteiger partial charge on any atom is 0.409 e. The van der Waals surface area contributed by atoms with Crippen LogP contribution in [-0.4, -0.2) is 11.1 Å². The van der Waals surface area contributed by atoms with E-state index < -0.39 is 18.0 Å². The monoisotopic (exact) mass is 490 g/mol. The van der Waals surface area contributed by atoms with Gasteiger partial charge in [-0.15, -0.1) is 11.3 Å². The van der Waals surface area contributed by atoms with E-state index in [1.54, 1.807) is 31.2 Å². The molecule has 0 saturated carbocycles. The number of rotatable bonds is 5. The maximum absolute atomic E-state index is 13.9. The normalized spacial score (nSPS) is 12.0. The van der Waals surface area contributed by atoms with Crippen molar-refractivity contribution in [1.29, 1.82) is 0 Å². The molecule has 5 nitrogen and oxygen atoms in total. The van der Waals surface area contributed by atoms with Gasteiger partial charge in [0.05, 0.1) is 15.2 Å². The number of halogens is 3. The predicted octanol–water partition coefficient (Wildman–Crippen LogP) is 7.32. The first-order valence-corrected chi connectivity index (χ1v) is 11.1. The van der Waals surface area contributed by atoms with Crippen LogP contribution in [0.25, 0.3) is 20.8 Å². The number of ether oxygens (including phenoxy) is 2. The van der Waals surface area contributed by atoms with Gasteiger partial charge in [0, 0.05) is 16.1 Å². The zero-order valence-electron chi connectivity index (χ0n) is 17.0. The van der Waals surface area contributed by atoms with Gasteiger partial charge < -0.3 is 15.2 Å². The summed E-state index contributed by atoms with van der Waals surface area (Å²) < 4.78 is 25.8. The fourth-order valence-electron chi connectivity index (χ4n) is 3.26. The summed E-state index contributed by atoms with van der Waals surface area (Å²) in [6.07, 6.45) is -1.43. The highest BCUT2D eigenvalue weighted by molar-refractivity contribution is 7.21. The van der Waals surface area contributed by atoms with Crippen LogP contribution in [-0.2, 0) is 0 Å². The lowest BCUT2D eigenvalue weighted by Crippen LogP contribution is -2.16. The number of hydrogen-bond donors (Lipinski definition) is 1. The first-order valence-electron chi connectivity index (χ1n) is 9.52. The highest BCUT2D eigenvalue weighted by Crippen LogP contribution is 2.38. The fourth-order valence-corrected chi connectivity index (χ4v) is 4.92. The molecule has 32 heavy (non-hydrogen) atoms. The van der Waals surface area contributed by atoms with Crippen molar-refractivity contribution in [2.24, 2.45) is 5.73 Å². The number of amides is 1. The fraction of sp³-hybridized carbons (Fsp3) is 0.130. The van der Waals surface area contributed by atoms with Gasteiger partial charge in [0.1, 0.15) is 28.4 Å². The lowest BCUT2D eigenvalue weighted by atomic mass is 10.1. The lowest BCUT2D eigenvalue weighted by Gasteiger charge is -2.19. The Balaban J connectivity index is 1.63. The molecule has 0 aliphatic rings.